The second-order valence-corrected chi connectivity index (χ2v) is 3.95. The van der Waals surface area contributed by atoms with Crippen LogP contribution in [0.15, 0.2) is 24.3 Å². The monoisotopic (exact) mass is 221 g/mol. The van der Waals surface area contributed by atoms with Gasteiger partial charge in [0, 0.05) is 25.5 Å². The zero-order valence-electron chi connectivity index (χ0n) is 10.0. The van der Waals surface area contributed by atoms with E-state index in [-0.39, 0.29) is 5.91 Å². The van der Waals surface area contributed by atoms with Crippen molar-refractivity contribution in [3.63, 3.8) is 0 Å². The molecule has 0 saturated carbocycles. The average Bonchev–Trinajstić information content (AvgIpc) is 2.28. The van der Waals surface area contributed by atoms with E-state index in [1.54, 1.807) is 0 Å². The topological polar surface area (TPSA) is 58.4 Å². The Morgan fingerprint density at radius 1 is 1.38 bits per heavy atom. The van der Waals surface area contributed by atoms with Gasteiger partial charge in [-0.15, -0.1) is 0 Å². The van der Waals surface area contributed by atoms with Gasteiger partial charge in [0.15, 0.2) is 0 Å². The van der Waals surface area contributed by atoms with E-state index in [0.29, 0.717) is 6.42 Å². The molecule has 0 aromatic heterocycles. The Morgan fingerprint density at radius 3 is 2.38 bits per heavy atom. The second kappa shape index (κ2) is 5.51. The Morgan fingerprint density at radius 2 is 1.94 bits per heavy atom. The summed E-state index contributed by atoms with van der Waals surface area (Å²) in [5.74, 6) is -0.139. The SMILES string of the molecule is CC[C@H](N)C(=O)Nc1ccc(N(C)C)cc1. The minimum Gasteiger partial charge on any atom is -0.378 e. The van der Waals surface area contributed by atoms with Crippen molar-refractivity contribution < 1.29 is 4.79 Å². The highest BCUT2D eigenvalue weighted by Gasteiger charge is 2.10. The van der Waals surface area contributed by atoms with Crippen LogP contribution < -0.4 is 16.0 Å². The van der Waals surface area contributed by atoms with Crippen LogP contribution in [-0.2, 0) is 4.79 Å². The number of anilines is 2. The fraction of sp³-hybridized carbons (Fsp3) is 0.417. The van der Waals surface area contributed by atoms with Gasteiger partial charge in [0.1, 0.15) is 0 Å². The van der Waals surface area contributed by atoms with E-state index in [0.717, 1.165) is 11.4 Å². The van der Waals surface area contributed by atoms with E-state index in [2.05, 4.69) is 5.32 Å². The molecule has 0 fully saturated rings. The second-order valence-electron chi connectivity index (χ2n) is 3.95. The number of amides is 1. The largest absolute Gasteiger partial charge is 0.378 e. The highest BCUT2D eigenvalue weighted by molar-refractivity contribution is 5.94. The number of benzene rings is 1. The van der Waals surface area contributed by atoms with Crippen LogP contribution in [0.3, 0.4) is 0 Å². The van der Waals surface area contributed by atoms with Gasteiger partial charge in [-0.1, -0.05) is 6.92 Å². The summed E-state index contributed by atoms with van der Waals surface area (Å²) in [4.78, 5) is 13.5. The molecule has 1 aromatic rings. The number of nitrogens with two attached hydrogens (primary N) is 1. The Balaban J connectivity index is 2.65. The van der Waals surface area contributed by atoms with Crippen LogP contribution in [0.25, 0.3) is 0 Å². The van der Waals surface area contributed by atoms with Gasteiger partial charge >= 0.3 is 0 Å². The Labute approximate surface area is 96.4 Å². The summed E-state index contributed by atoms with van der Waals surface area (Å²) in [5, 5.41) is 2.78. The van der Waals surface area contributed by atoms with Crippen molar-refractivity contribution in [2.75, 3.05) is 24.3 Å². The molecule has 0 aliphatic rings. The first-order valence-electron chi connectivity index (χ1n) is 5.38. The molecule has 1 aromatic carbocycles. The molecule has 0 saturated heterocycles. The van der Waals surface area contributed by atoms with Crippen molar-refractivity contribution in [1.29, 1.82) is 0 Å². The molecule has 0 unspecified atom stereocenters. The zero-order valence-corrected chi connectivity index (χ0v) is 10.0. The molecule has 88 valence electrons. The lowest BCUT2D eigenvalue weighted by atomic mass is 10.2. The van der Waals surface area contributed by atoms with Crippen molar-refractivity contribution in [1.82, 2.24) is 0 Å². The van der Waals surface area contributed by atoms with Crippen LogP contribution in [0.4, 0.5) is 11.4 Å². The summed E-state index contributed by atoms with van der Waals surface area (Å²) < 4.78 is 0. The van der Waals surface area contributed by atoms with Gasteiger partial charge in [0.05, 0.1) is 6.04 Å². The average molecular weight is 221 g/mol. The molecule has 0 spiro atoms. The Kier molecular flexibility index (Phi) is 4.31. The normalized spacial score (nSPS) is 12.0. The van der Waals surface area contributed by atoms with E-state index < -0.39 is 6.04 Å². The maximum Gasteiger partial charge on any atom is 0.241 e. The number of hydrogen-bond donors (Lipinski definition) is 2. The molecule has 4 heteroatoms. The Bertz CT molecular complexity index is 346. The van der Waals surface area contributed by atoms with Crippen molar-refractivity contribution in [2.45, 2.75) is 19.4 Å². The third-order valence-electron chi connectivity index (χ3n) is 2.43. The number of hydrogen-bond acceptors (Lipinski definition) is 3. The fourth-order valence-electron chi connectivity index (χ4n) is 1.26. The van der Waals surface area contributed by atoms with Crippen LogP contribution in [-0.4, -0.2) is 26.0 Å². The summed E-state index contributed by atoms with van der Waals surface area (Å²) in [5.41, 5.74) is 7.49. The first-order valence-corrected chi connectivity index (χ1v) is 5.38. The van der Waals surface area contributed by atoms with E-state index in [1.807, 2.05) is 50.2 Å². The maximum atomic E-state index is 11.5. The highest BCUT2D eigenvalue weighted by Crippen LogP contribution is 2.15. The predicted molar refractivity (Wildman–Crippen MR) is 67.7 cm³/mol. The van der Waals surface area contributed by atoms with Crippen LogP contribution in [0.1, 0.15) is 13.3 Å². The molecule has 16 heavy (non-hydrogen) atoms. The summed E-state index contributed by atoms with van der Waals surface area (Å²) in [6.45, 7) is 1.89. The number of nitrogens with one attached hydrogen (secondary N) is 1. The molecule has 0 bridgehead atoms. The minimum absolute atomic E-state index is 0.139. The van der Waals surface area contributed by atoms with E-state index in [1.165, 1.54) is 0 Å². The van der Waals surface area contributed by atoms with E-state index >= 15 is 0 Å². The fourth-order valence-corrected chi connectivity index (χ4v) is 1.26. The lowest BCUT2D eigenvalue weighted by Gasteiger charge is -2.14. The number of carbonyl (C=O) groups excluding carboxylic acids is 1. The van der Waals surface area contributed by atoms with Gasteiger partial charge in [0.25, 0.3) is 0 Å². The van der Waals surface area contributed by atoms with E-state index in [9.17, 15) is 4.79 Å². The third kappa shape index (κ3) is 3.24. The van der Waals surface area contributed by atoms with Gasteiger partial charge in [-0.2, -0.15) is 0 Å². The van der Waals surface area contributed by atoms with Gasteiger partial charge in [-0.3, -0.25) is 4.79 Å². The van der Waals surface area contributed by atoms with Gasteiger partial charge in [-0.05, 0) is 30.7 Å². The number of carbonyl (C=O) groups is 1. The molecule has 1 amide bonds. The molecular weight excluding hydrogens is 202 g/mol. The van der Waals surface area contributed by atoms with Crippen LogP contribution in [0.2, 0.25) is 0 Å². The van der Waals surface area contributed by atoms with Crippen LogP contribution in [0, 0.1) is 0 Å². The molecule has 4 nitrogen and oxygen atoms in total. The van der Waals surface area contributed by atoms with Crippen molar-refractivity contribution in [2.24, 2.45) is 5.73 Å². The number of nitrogens with zero attached hydrogens (tertiary/aromatic N) is 1. The molecule has 3 N–H and O–H groups in total. The number of rotatable bonds is 4. The molecule has 1 rings (SSSR count). The predicted octanol–water partition coefficient (Wildman–Crippen LogP) is 1.43. The van der Waals surface area contributed by atoms with Gasteiger partial charge < -0.3 is 16.0 Å². The quantitative estimate of drug-likeness (QED) is 0.808. The molecule has 0 radical (unpaired) electrons. The standard InChI is InChI=1S/C12H19N3O/c1-4-11(13)12(16)14-9-5-7-10(8-6-9)15(2)3/h5-8,11H,4,13H2,1-3H3,(H,14,16)/t11-/m0/s1. The Hall–Kier alpha value is -1.55. The third-order valence-corrected chi connectivity index (χ3v) is 2.43. The van der Waals surface area contributed by atoms with Gasteiger partial charge in [0.2, 0.25) is 5.91 Å². The molecule has 1 atom stereocenters. The highest BCUT2D eigenvalue weighted by atomic mass is 16.2. The first kappa shape index (κ1) is 12.5. The summed E-state index contributed by atoms with van der Waals surface area (Å²) in [6, 6.07) is 7.21. The van der Waals surface area contributed by atoms with Crippen molar-refractivity contribution in [3.8, 4) is 0 Å². The van der Waals surface area contributed by atoms with E-state index in [4.69, 9.17) is 5.73 Å². The zero-order chi connectivity index (χ0) is 12.1. The van der Waals surface area contributed by atoms with Gasteiger partial charge in [-0.25, -0.2) is 0 Å². The minimum atomic E-state index is -0.437. The van der Waals surface area contributed by atoms with Crippen LogP contribution >= 0.6 is 0 Å². The van der Waals surface area contributed by atoms with Crippen LogP contribution in [0.5, 0.6) is 0 Å². The summed E-state index contributed by atoms with van der Waals surface area (Å²) in [6.07, 6.45) is 0.640. The molecular formula is C12H19N3O. The van der Waals surface area contributed by atoms with Crippen molar-refractivity contribution in [3.05, 3.63) is 24.3 Å². The lowest BCUT2D eigenvalue weighted by molar-refractivity contribution is -0.117. The molecule has 0 heterocycles. The lowest BCUT2D eigenvalue weighted by Crippen LogP contribution is -2.34. The first-order chi connectivity index (χ1) is 7.54. The molecule has 0 aliphatic carbocycles. The maximum absolute atomic E-state index is 11.5. The molecule has 0 aliphatic heterocycles. The van der Waals surface area contributed by atoms with Crippen molar-refractivity contribution >= 4 is 17.3 Å². The smallest absolute Gasteiger partial charge is 0.241 e. The summed E-state index contributed by atoms with van der Waals surface area (Å²) >= 11 is 0. The summed E-state index contributed by atoms with van der Waals surface area (Å²) in [7, 11) is 3.95.